The predicted octanol–water partition coefficient (Wildman–Crippen LogP) is 4.31. The monoisotopic (exact) mass is 303 g/mol. The lowest BCUT2D eigenvalue weighted by molar-refractivity contribution is 0.615. The lowest BCUT2D eigenvalue weighted by atomic mass is 10.0. The van der Waals surface area contributed by atoms with Crippen molar-refractivity contribution in [1.29, 1.82) is 0 Å². The molecule has 0 spiro atoms. The normalized spacial score (nSPS) is 12.3. The van der Waals surface area contributed by atoms with Gasteiger partial charge in [0.15, 0.2) is 0 Å². The molecule has 112 valence electrons. The van der Waals surface area contributed by atoms with E-state index in [1.807, 2.05) is 13.1 Å². The number of rotatable bonds is 7. The Kier molecular flexibility index (Phi) is 6.27. The third-order valence-corrected chi connectivity index (χ3v) is 4.73. The van der Waals surface area contributed by atoms with Gasteiger partial charge in [-0.25, -0.2) is 4.39 Å². The summed E-state index contributed by atoms with van der Waals surface area (Å²) in [4.78, 5) is 0.983. The van der Waals surface area contributed by atoms with Crippen LogP contribution < -0.4 is 5.32 Å². The van der Waals surface area contributed by atoms with Crippen LogP contribution in [0.1, 0.15) is 18.1 Å². The summed E-state index contributed by atoms with van der Waals surface area (Å²) in [6.45, 7) is 2.17. The zero-order chi connectivity index (χ0) is 15.1. The Hall–Kier alpha value is -1.32. The second kappa shape index (κ2) is 8.20. The average molecular weight is 303 g/mol. The van der Waals surface area contributed by atoms with Crippen molar-refractivity contribution in [2.75, 3.05) is 12.8 Å². The second-order valence-electron chi connectivity index (χ2n) is 5.13. The van der Waals surface area contributed by atoms with E-state index in [1.165, 1.54) is 17.2 Å². The van der Waals surface area contributed by atoms with Crippen LogP contribution in [0.25, 0.3) is 0 Å². The molecule has 1 unspecified atom stereocenters. The maximum Gasteiger partial charge on any atom is 0.124 e. The molecule has 0 heterocycles. The van der Waals surface area contributed by atoms with Crippen LogP contribution >= 0.6 is 11.8 Å². The number of nitrogens with one attached hydrogen (secondary N) is 1. The van der Waals surface area contributed by atoms with Gasteiger partial charge < -0.3 is 5.32 Å². The number of halogens is 1. The fourth-order valence-corrected chi connectivity index (χ4v) is 3.24. The van der Waals surface area contributed by atoms with Gasteiger partial charge in [-0.1, -0.05) is 37.3 Å². The molecule has 0 aliphatic rings. The summed E-state index contributed by atoms with van der Waals surface area (Å²) in [6.07, 6.45) is 2.06. The van der Waals surface area contributed by atoms with Crippen molar-refractivity contribution in [2.24, 2.45) is 0 Å². The van der Waals surface area contributed by atoms with Crippen LogP contribution in [-0.2, 0) is 12.8 Å². The Morgan fingerprint density at radius 1 is 1.10 bits per heavy atom. The Balaban J connectivity index is 1.90. The molecule has 21 heavy (non-hydrogen) atoms. The van der Waals surface area contributed by atoms with Crippen LogP contribution in [0.15, 0.2) is 53.4 Å². The second-order valence-corrected chi connectivity index (χ2v) is 6.22. The van der Waals surface area contributed by atoms with Crippen molar-refractivity contribution >= 4 is 11.8 Å². The van der Waals surface area contributed by atoms with Gasteiger partial charge in [-0.3, -0.25) is 0 Å². The van der Waals surface area contributed by atoms with Crippen molar-refractivity contribution in [2.45, 2.75) is 30.7 Å². The molecule has 2 rings (SSSR count). The van der Waals surface area contributed by atoms with Gasteiger partial charge in [0, 0.05) is 16.7 Å². The molecule has 1 nitrogen and oxygen atoms in total. The Labute approximate surface area is 131 Å². The summed E-state index contributed by atoms with van der Waals surface area (Å²) in [5.41, 5.74) is 2.71. The molecule has 0 bridgehead atoms. The molecular weight excluding hydrogens is 281 g/mol. The van der Waals surface area contributed by atoms with Crippen molar-refractivity contribution in [3.05, 3.63) is 65.5 Å². The van der Waals surface area contributed by atoms with Crippen molar-refractivity contribution < 1.29 is 4.39 Å². The zero-order valence-corrected chi connectivity index (χ0v) is 13.4. The Morgan fingerprint density at radius 2 is 1.81 bits per heavy atom. The molecule has 2 aromatic carbocycles. The van der Waals surface area contributed by atoms with E-state index in [9.17, 15) is 4.39 Å². The molecule has 0 saturated heterocycles. The molecule has 0 aliphatic carbocycles. The van der Waals surface area contributed by atoms with Crippen LogP contribution in [0.5, 0.6) is 0 Å². The van der Waals surface area contributed by atoms with E-state index in [2.05, 4.69) is 36.5 Å². The number of hydrogen-bond acceptors (Lipinski definition) is 2. The van der Waals surface area contributed by atoms with E-state index in [4.69, 9.17) is 0 Å². The summed E-state index contributed by atoms with van der Waals surface area (Å²) in [5.74, 6) is 0.756. The highest BCUT2D eigenvalue weighted by Gasteiger charge is 2.08. The number of thioether (sulfide) groups is 1. The molecule has 0 saturated carbocycles. The highest BCUT2D eigenvalue weighted by molar-refractivity contribution is 7.99. The fourth-order valence-electron chi connectivity index (χ4n) is 2.19. The van der Waals surface area contributed by atoms with Gasteiger partial charge in [-0.05, 0) is 49.2 Å². The van der Waals surface area contributed by atoms with E-state index >= 15 is 0 Å². The minimum Gasteiger partial charge on any atom is -0.316 e. The first-order chi connectivity index (χ1) is 10.2. The minimum absolute atomic E-state index is 0.170. The third kappa shape index (κ3) is 5.18. The van der Waals surface area contributed by atoms with Gasteiger partial charge in [-0.2, -0.15) is 0 Å². The Bertz CT molecular complexity index is 553. The van der Waals surface area contributed by atoms with Gasteiger partial charge in [0.1, 0.15) is 5.82 Å². The molecule has 0 aromatic heterocycles. The van der Waals surface area contributed by atoms with Gasteiger partial charge in [0.05, 0.1) is 0 Å². The predicted molar refractivity (Wildman–Crippen MR) is 89.5 cm³/mol. The number of benzene rings is 2. The molecule has 0 radical (unpaired) electrons. The summed E-state index contributed by atoms with van der Waals surface area (Å²) < 4.78 is 13.2. The standard InChI is InChI=1S/C18H22FNS/c1-3-14-7-9-15(10-8-14)11-17(20-2)13-21-18-6-4-5-16(19)12-18/h4-10,12,17,20H,3,11,13H2,1-2H3. The van der Waals surface area contributed by atoms with Crippen LogP contribution in [0.3, 0.4) is 0 Å². The molecule has 1 atom stereocenters. The largest absolute Gasteiger partial charge is 0.316 e. The SMILES string of the molecule is CCc1ccc(CC(CSc2cccc(F)c2)NC)cc1. The molecule has 0 amide bonds. The van der Waals surface area contributed by atoms with Gasteiger partial charge in [0.2, 0.25) is 0 Å². The van der Waals surface area contributed by atoms with E-state index in [-0.39, 0.29) is 5.82 Å². The summed E-state index contributed by atoms with van der Waals surface area (Å²) in [5, 5.41) is 3.35. The third-order valence-electron chi connectivity index (χ3n) is 3.57. The topological polar surface area (TPSA) is 12.0 Å². The first-order valence-electron chi connectivity index (χ1n) is 7.34. The summed E-state index contributed by atoms with van der Waals surface area (Å²) >= 11 is 1.69. The highest BCUT2D eigenvalue weighted by atomic mass is 32.2. The number of aryl methyl sites for hydroxylation is 1. The molecule has 3 heteroatoms. The van der Waals surface area contributed by atoms with Crippen LogP contribution in [-0.4, -0.2) is 18.8 Å². The van der Waals surface area contributed by atoms with E-state index in [0.29, 0.717) is 6.04 Å². The van der Waals surface area contributed by atoms with E-state index in [0.717, 1.165) is 23.5 Å². The highest BCUT2D eigenvalue weighted by Crippen LogP contribution is 2.20. The maximum atomic E-state index is 13.2. The maximum absolute atomic E-state index is 13.2. The van der Waals surface area contributed by atoms with Crippen LogP contribution in [0.2, 0.25) is 0 Å². The molecule has 0 fully saturated rings. The first kappa shape index (κ1) is 16.1. The molecule has 2 aromatic rings. The number of likely N-dealkylation sites (N-methyl/N-ethyl adjacent to an activating group) is 1. The minimum atomic E-state index is -0.170. The summed E-state index contributed by atoms with van der Waals surface area (Å²) in [6, 6.07) is 16.0. The van der Waals surface area contributed by atoms with E-state index < -0.39 is 0 Å². The van der Waals surface area contributed by atoms with Gasteiger partial charge in [0.25, 0.3) is 0 Å². The van der Waals surface area contributed by atoms with Crippen LogP contribution in [0.4, 0.5) is 4.39 Å². The van der Waals surface area contributed by atoms with Crippen molar-refractivity contribution in [1.82, 2.24) is 5.32 Å². The quantitative estimate of drug-likeness (QED) is 0.765. The van der Waals surface area contributed by atoms with Gasteiger partial charge in [-0.15, -0.1) is 11.8 Å². The summed E-state index contributed by atoms with van der Waals surface area (Å²) in [7, 11) is 1.98. The first-order valence-corrected chi connectivity index (χ1v) is 8.33. The lowest BCUT2D eigenvalue weighted by Gasteiger charge is -2.16. The van der Waals surface area contributed by atoms with Crippen molar-refractivity contribution in [3.63, 3.8) is 0 Å². The molecule has 0 aliphatic heterocycles. The van der Waals surface area contributed by atoms with Crippen LogP contribution in [0, 0.1) is 5.82 Å². The smallest absolute Gasteiger partial charge is 0.124 e. The number of hydrogen-bond donors (Lipinski definition) is 1. The molecular formula is C18H22FNS. The van der Waals surface area contributed by atoms with Gasteiger partial charge >= 0.3 is 0 Å². The van der Waals surface area contributed by atoms with Crippen molar-refractivity contribution in [3.8, 4) is 0 Å². The average Bonchev–Trinajstić information content (AvgIpc) is 2.52. The zero-order valence-electron chi connectivity index (χ0n) is 12.6. The molecule has 1 N–H and O–H groups in total. The Morgan fingerprint density at radius 3 is 2.43 bits per heavy atom. The van der Waals surface area contributed by atoms with E-state index in [1.54, 1.807) is 23.9 Å². The lowest BCUT2D eigenvalue weighted by Crippen LogP contribution is -2.30. The fraction of sp³-hybridized carbons (Fsp3) is 0.333.